The number of nitrogens with two attached hydrogens (primary N) is 1. The summed E-state index contributed by atoms with van der Waals surface area (Å²) < 4.78 is 54.9. The van der Waals surface area contributed by atoms with Gasteiger partial charge >= 0.3 is 6.18 Å². The molecule has 0 amide bonds. The largest absolute Gasteiger partial charge is 0.416 e. The van der Waals surface area contributed by atoms with Crippen molar-refractivity contribution in [2.75, 3.05) is 20.1 Å². The zero-order valence-electron chi connectivity index (χ0n) is 19.1. The van der Waals surface area contributed by atoms with E-state index in [4.69, 9.17) is 5.73 Å². The van der Waals surface area contributed by atoms with Crippen LogP contribution in [0.3, 0.4) is 0 Å². The lowest BCUT2D eigenvalue weighted by Crippen LogP contribution is -2.49. The van der Waals surface area contributed by atoms with Crippen molar-refractivity contribution in [2.24, 2.45) is 5.73 Å². The zero-order chi connectivity index (χ0) is 23.3. The molecule has 0 saturated heterocycles. The molecule has 6 heteroatoms. The van der Waals surface area contributed by atoms with Crippen LogP contribution in [0.1, 0.15) is 63.8 Å². The SMILES string of the molecule is CC.CC1=C/CC[N+](C)(C/C=C(\C)N)C(c2c(C)cc(C(F)(F)F)cc2F)\C(C)=C\1. The Labute approximate surface area is 178 Å². The average Bonchev–Trinajstić information content (AvgIpc) is 2.62. The Balaban J connectivity index is 0.00000218. The van der Waals surface area contributed by atoms with Crippen LogP contribution in [0.5, 0.6) is 0 Å². The van der Waals surface area contributed by atoms with Crippen LogP contribution in [0.2, 0.25) is 0 Å². The summed E-state index contributed by atoms with van der Waals surface area (Å²) in [6, 6.07) is 1.26. The first-order chi connectivity index (χ1) is 13.8. The Kier molecular flexibility index (Phi) is 8.90. The number of halogens is 4. The summed E-state index contributed by atoms with van der Waals surface area (Å²) in [7, 11) is 2.01. The number of quaternary nitrogens is 1. The molecular weight excluding hydrogens is 392 g/mol. The van der Waals surface area contributed by atoms with Crippen molar-refractivity contribution < 1.29 is 22.0 Å². The molecule has 0 bridgehead atoms. The smallest absolute Gasteiger partial charge is 0.402 e. The molecule has 1 heterocycles. The van der Waals surface area contributed by atoms with Crippen LogP contribution in [0, 0.1) is 12.7 Å². The van der Waals surface area contributed by atoms with Gasteiger partial charge < -0.3 is 10.2 Å². The first kappa shape index (κ1) is 26.0. The lowest BCUT2D eigenvalue weighted by molar-refractivity contribution is -0.928. The minimum absolute atomic E-state index is 0.310. The van der Waals surface area contributed by atoms with E-state index in [1.807, 2.05) is 46.9 Å². The molecule has 1 aliphatic rings. The van der Waals surface area contributed by atoms with Crippen molar-refractivity contribution in [3.05, 3.63) is 69.7 Å². The second-order valence-electron chi connectivity index (χ2n) is 8.05. The van der Waals surface area contributed by atoms with Crippen LogP contribution in [0.25, 0.3) is 0 Å². The predicted molar refractivity (Wildman–Crippen MR) is 116 cm³/mol. The summed E-state index contributed by atoms with van der Waals surface area (Å²) in [6.07, 6.45) is 2.24. The van der Waals surface area contributed by atoms with E-state index in [0.717, 1.165) is 30.2 Å². The van der Waals surface area contributed by atoms with E-state index in [1.54, 1.807) is 13.8 Å². The Morgan fingerprint density at radius 1 is 1.20 bits per heavy atom. The first-order valence-corrected chi connectivity index (χ1v) is 10.3. The molecule has 2 atom stereocenters. The van der Waals surface area contributed by atoms with Gasteiger partial charge in [0.25, 0.3) is 0 Å². The maximum Gasteiger partial charge on any atom is 0.416 e. The van der Waals surface area contributed by atoms with Gasteiger partial charge in [0, 0.05) is 12.1 Å². The van der Waals surface area contributed by atoms with E-state index >= 15 is 4.39 Å². The minimum Gasteiger partial charge on any atom is -0.402 e. The van der Waals surface area contributed by atoms with E-state index in [9.17, 15) is 13.2 Å². The molecule has 0 aliphatic carbocycles. The number of nitrogens with zero attached hydrogens (tertiary/aromatic N) is 1. The van der Waals surface area contributed by atoms with Gasteiger partial charge in [-0.2, -0.15) is 13.2 Å². The highest BCUT2D eigenvalue weighted by atomic mass is 19.4. The minimum atomic E-state index is -4.58. The van der Waals surface area contributed by atoms with Gasteiger partial charge in [0.05, 0.1) is 31.3 Å². The van der Waals surface area contributed by atoms with Gasteiger partial charge in [-0.1, -0.05) is 31.6 Å². The summed E-state index contributed by atoms with van der Waals surface area (Å²) in [5.41, 5.74) is 8.16. The van der Waals surface area contributed by atoms with Crippen molar-refractivity contribution in [1.82, 2.24) is 0 Å². The fourth-order valence-electron chi connectivity index (χ4n) is 4.06. The molecular formula is C24H35F4N2+. The zero-order valence-corrected chi connectivity index (χ0v) is 19.1. The molecule has 2 unspecified atom stereocenters. The van der Waals surface area contributed by atoms with Crippen molar-refractivity contribution in [1.29, 1.82) is 0 Å². The molecule has 1 aromatic rings. The molecule has 0 saturated carbocycles. The van der Waals surface area contributed by atoms with Crippen LogP contribution in [0.4, 0.5) is 17.6 Å². The third kappa shape index (κ3) is 6.21. The van der Waals surface area contributed by atoms with Crippen molar-refractivity contribution in [3.63, 3.8) is 0 Å². The molecule has 1 aliphatic heterocycles. The third-order valence-electron chi connectivity index (χ3n) is 5.38. The molecule has 168 valence electrons. The topological polar surface area (TPSA) is 26.0 Å². The molecule has 1 aromatic carbocycles. The lowest BCUT2D eigenvalue weighted by atomic mass is 9.88. The van der Waals surface area contributed by atoms with Crippen molar-refractivity contribution in [2.45, 2.75) is 60.2 Å². The summed E-state index contributed by atoms with van der Waals surface area (Å²) in [5.74, 6) is -0.815. The number of hydrogen-bond donors (Lipinski definition) is 1. The van der Waals surface area contributed by atoms with Gasteiger partial charge in [0.1, 0.15) is 11.9 Å². The number of aryl methyl sites for hydroxylation is 1. The maximum atomic E-state index is 15.1. The highest BCUT2D eigenvalue weighted by Crippen LogP contribution is 2.41. The molecule has 2 nitrogen and oxygen atoms in total. The Morgan fingerprint density at radius 2 is 1.80 bits per heavy atom. The van der Waals surface area contributed by atoms with Gasteiger partial charge in [-0.3, -0.25) is 0 Å². The van der Waals surface area contributed by atoms with Crippen LogP contribution in [-0.4, -0.2) is 24.6 Å². The number of allylic oxidation sites excluding steroid dienone is 3. The molecule has 2 rings (SSSR count). The van der Waals surface area contributed by atoms with Gasteiger partial charge in [-0.25, -0.2) is 4.39 Å². The summed E-state index contributed by atoms with van der Waals surface area (Å²) in [6.45, 7) is 12.5. The normalized spacial score (nSPS) is 26.4. The van der Waals surface area contributed by atoms with Gasteiger partial charge in [-0.15, -0.1) is 0 Å². The lowest BCUT2D eigenvalue weighted by Gasteiger charge is -2.43. The van der Waals surface area contributed by atoms with Crippen LogP contribution >= 0.6 is 0 Å². The van der Waals surface area contributed by atoms with Crippen molar-refractivity contribution >= 4 is 0 Å². The van der Waals surface area contributed by atoms with E-state index in [1.165, 1.54) is 0 Å². The van der Waals surface area contributed by atoms with Gasteiger partial charge in [0.15, 0.2) is 0 Å². The number of benzene rings is 1. The van der Waals surface area contributed by atoms with E-state index in [0.29, 0.717) is 33.9 Å². The summed E-state index contributed by atoms with van der Waals surface area (Å²) in [5, 5.41) is 0. The maximum absolute atomic E-state index is 15.1. The molecule has 0 fully saturated rings. The highest BCUT2D eigenvalue weighted by molar-refractivity contribution is 5.40. The Hall–Kier alpha value is -2.08. The molecule has 0 radical (unpaired) electrons. The number of likely N-dealkylation sites (N-methyl/N-ethyl adjacent to an activating group) is 1. The Bertz CT molecular complexity index is 807. The molecule has 2 N–H and O–H groups in total. The molecule has 0 aromatic heterocycles. The van der Waals surface area contributed by atoms with Crippen LogP contribution in [-0.2, 0) is 6.18 Å². The predicted octanol–water partition coefficient (Wildman–Crippen LogP) is 6.83. The van der Waals surface area contributed by atoms with Crippen LogP contribution in [0.15, 0.2) is 47.2 Å². The monoisotopic (exact) mass is 427 g/mol. The fourth-order valence-corrected chi connectivity index (χ4v) is 4.06. The number of alkyl halides is 3. The third-order valence-corrected chi connectivity index (χ3v) is 5.38. The Morgan fingerprint density at radius 3 is 2.30 bits per heavy atom. The second-order valence-corrected chi connectivity index (χ2v) is 8.05. The van der Waals surface area contributed by atoms with Gasteiger partial charge in [-0.05, 0) is 57.0 Å². The fraction of sp³-hybridized carbons (Fsp3) is 0.500. The second kappa shape index (κ2) is 10.3. The first-order valence-electron chi connectivity index (χ1n) is 10.3. The highest BCUT2D eigenvalue weighted by Gasteiger charge is 2.39. The summed E-state index contributed by atoms with van der Waals surface area (Å²) >= 11 is 0. The summed E-state index contributed by atoms with van der Waals surface area (Å²) in [4.78, 5) is 0. The average molecular weight is 428 g/mol. The van der Waals surface area contributed by atoms with E-state index in [2.05, 4.69) is 6.08 Å². The van der Waals surface area contributed by atoms with E-state index in [-0.39, 0.29) is 0 Å². The molecule has 30 heavy (non-hydrogen) atoms. The van der Waals surface area contributed by atoms with Gasteiger partial charge in [0.2, 0.25) is 0 Å². The molecule has 0 spiro atoms. The standard InChI is InChI=1S/C22H29F4N2.C2H6/c1-14-7-6-9-28(5,10-8-17(4)27)21(16(3)11-14)20-15(2)12-18(13-19(20)23)22(24,25)26;1-2/h7-8,11-13,21H,6,9-10,27H2,1-5H3;1-2H3/q+1;/b14-7-,16-11+,17-8+;. The van der Waals surface area contributed by atoms with Crippen molar-refractivity contribution in [3.8, 4) is 0 Å². The van der Waals surface area contributed by atoms with Crippen LogP contribution < -0.4 is 5.73 Å². The quantitative estimate of drug-likeness (QED) is 0.415. The number of hydrogen-bond acceptors (Lipinski definition) is 1. The van der Waals surface area contributed by atoms with E-state index < -0.39 is 23.6 Å². The number of rotatable bonds is 3.